The maximum Gasteiger partial charge on any atom is 0.226 e. The van der Waals surface area contributed by atoms with E-state index in [0.29, 0.717) is 19.0 Å². The Labute approximate surface area is 142 Å². The van der Waals surface area contributed by atoms with E-state index in [2.05, 4.69) is 5.10 Å². The van der Waals surface area contributed by atoms with Crippen LogP contribution in [0.2, 0.25) is 0 Å². The first-order valence-electron chi connectivity index (χ1n) is 8.47. The normalized spacial score (nSPS) is 24.7. The van der Waals surface area contributed by atoms with Crippen LogP contribution in [0, 0.1) is 5.92 Å². The summed E-state index contributed by atoms with van der Waals surface area (Å²) in [6.07, 6.45) is 4.81. The largest absolute Gasteiger partial charge is 0.486 e. The van der Waals surface area contributed by atoms with E-state index in [9.17, 15) is 4.79 Å². The van der Waals surface area contributed by atoms with Crippen molar-refractivity contribution in [3.05, 3.63) is 47.8 Å². The Balaban J connectivity index is 1.54. The molecule has 1 aliphatic heterocycles. The van der Waals surface area contributed by atoms with Gasteiger partial charge in [-0.1, -0.05) is 18.2 Å². The second-order valence-electron chi connectivity index (χ2n) is 7.56. The highest BCUT2D eigenvalue weighted by atomic mass is 16.5. The van der Waals surface area contributed by atoms with Gasteiger partial charge in [0, 0.05) is 31.3 Å². The van der Waals surface area contributed by atoms with Crippen molar-refractivity contribution < 1.29 is 9.53 Å². The Morgan fingerprint density at radius 3 is 2.88 bits per heavy atom. The lowest BCUT2D eigenvalue weighted by molar-refractivity contribution is -0.135. The lowest BCUT2D eigenvalue weighted by Gasteiger charge is -2.29. The lowest BCUT2D eigenvalue weighted by atomic mass is 10.1. The first-order chi connectivity index (χ1) is 11.4. The van der Waals surface area contributed by atoms with Gasteiger partial charge in [0.2, 0.25) is 5.91 Å². The fourth-order valence-electron chi connectivity index (χ4n) is 3.64. The molecule has 1 aromatic heterocycles. The number of rotatable bonds is 2. The highest BCUT2D eigenvalue weighted by molar-refractivity contribution is 5.83. The smallest absolute Gasteiger partial charge is 0.226 e. The molecular formula is C19H23N3O2. The van der Waals surface area contributed by atoms with Crippen LogP contribution in [-0.4, -0.2) is 32.7 Å². The molecule has 4 rings (SSSR count). The number of amides is 1. The highest BCUT2D eigenvalue weighted by Crippen LogP contribution is 2.49. The van der Waals surface area contributed by atoms with Crippen LogP contribution < -0.4 is 4.74 Å². The van der Waals surface area contributed by atoms with Crippen molar-refractivity contribution in [3.63, 3.8) is 0 Å². The van der Waals surface area contributed by atoms with Crippen LogP contribution in [0.25, 0.3) is 0 Å². The fraction of sp³-hybridized carbons (Fsp3) is 0.474. The molecular weight excluding hydrogens is 302 g/mol. The number of hydrogen-bond acceptors (Lipinski definition) is 3. The van der Waals surface area contributed by atoms with Crippen molar-refractivity contribution in [2.45, 2.75) is 38.3 Å². The second kappa shape index (κ2) is 5.36. The van der Waals surface area contributed by atoms with Gasteiger partial charge in [0.15, 0.2) is 0 Å². The minimum absolute atomic E-state index is 0.0789. The van der Waals surface area contributed by atoms with E-state index in [1.807, 2.05) is 62.5 Å². The number of ether oxygens (including phenoxy) is 1. The lowest BCUT2D eigenvalue weighted by Crippen LogP contribution is -2.43. The van der Waals surface area contributed by atoms with Gasteiger partial charge in [0.25, 0.3) is 0 Å². The Hall–Kier alpha value is -2.30. The molecule has 0 spiro atoms. The Kier molecular flexibility index (Phi) is 3.41. The molecule has 0 N–H and O–H groups in total. The summed E-state index contributed by atoms with van der Waals surface area (Å²) in [6, 6.07) is 8.01. The fourth-order valence-corrected chi connectivity index (χ4v) is 3.64. The molecule has 1 aliphatic carbocycles. The third-order valence-corrected chi connectivity index (χ3v) is 4.86. The molecule has 0 saturated heterocycles. The van der Waals surface area contributed by atoms with Gasteiger partial charge in [-0.2, -0.15) is 5.10 Å². The summed E-state index contributed by atoms with van der Waals surface area (Å²) in [7, 11) is 1.91. The minimum Gasteiger partial charge on any atom is -0.486 e. The second-order valence-corrected chi connectivity index (χ2v) is 7.56. The van der Waals surface area contributed by atoms with Crippen molar-refractivity contribution in [2.75, 3.05) is 6.54 Å². The van der Waals surface area contributed by atoms with Crippen molar-refractivity contribution in [1.29, 1.82) is 0 Å². The van der Waals surface area contributed by atoms with Gasteiger partial charge in [0.1, 0.15) is 11.4 Å². The Bertz CT molecular complexity index is 780. The number of aryl methyl sites for hydroxylation is 1. The number of hydrogen-bond donors (Lipinski definition) is 0. The molecule has 1 fully saturated rings. The molecule has 1 aromatic carbocycles. The van der Waals surface area contributed by atoms with Crippen LogP contribution in [0.3, 0.4) is 0 Å². The van der Waals surface area contributed by atoms with Gasteiger partial charge in [-0.25, -0.2) is 0 Å². The monoisotopic (exact) mass is 325 g/mol. The maximum absolute atomic E-state index is 13.0. The first-order valence-corrected chi connectivity index (χ1v) is 8.47. The van der Waals surface area contributed by atoms with Crippen molar-refractivity contribution >= 4 is 5.91 Å². The van der Waals surface area contributed by atoms with Crippen LogP contribution >= 0.6 is 0 Å². The molecule has 2 aliphatic rings. The highest BCUT2D eigenvalue weighted by Gasteiger charge is 2.47. The number of aromatic nitrogens is 2. The van der Waals surface area contributed by atoms with E-state index in [-0.39, 0.29) is 17.4 Å². The van der Waals surface area contributed by atoms with E-state index in [0.717, 1.165) is 17.7 Å². The Morgan fingerprint density at radius 2 is 2.12 bits per heavy atom. The van der Waals surface area contributed by atoms with Crippen LogP contribution in [-0.2, 0) is 18.4 Å². The molecule has 5 nitrogen and oxygen atoms in total. The number of benzene rings is 1. The quantitative estimate of drug-likeness (QED) is 0.853. The molecule has 2 aromatic rings. The summed E-state index contributed by atoms with van der Waals surface area (Å²) in [6.45, 7) is 5.31. The topological polar surface area (TPSA) is 47.4 Å². The van der Waals surface area contributed by atoms with Gasteiger partial charge in [0.05, 0.1) is 12.7 Å². The summed E-state index contributed by atoms with van der Waals surface area (Å²) in [4.78, 5) is 15.0. The van der Waals surface area contributed by atoms with E-state index in [1.54, 1.807) is 4.68 Å². The Morgan fingerprint density at radius 1 is 1.33 bits per heavy atom. The van der Waals surface area contributed by atoms with E-state index < -0.39 is 0 Å². The van der Waals surface area contributed by atoms with Gasteiger partial charge in [-0.3, -0.25) is 9.48 Å². The molecule has 0 unspecified atom stereocenters. The summed E-state index contributed by atoms with van der Waals surface area (Å²) >= 11 is 0. The zero-order valence-corrected chi connectivity index (χ0v) is 14.4. The van der Waals surface area contributed by atoms with Crippen LogP contribution in [0.1, 0.15) is 37.3 Å². The van der Waals surface area contributed by atoms with Gasteiger partial charge < -0.3 is 9.64 Å². The molecule has 2 heterocycles. The number of fused-ring (bicyclic) bond motifs is 1. The summed E-state index contributed by atoms with van der Waals surface area (Å²) in [5.74, 6) is 1.51. The zero-order chi connectivity index (χ0) is 16.9. The number of para-hydroxylation sites is 1. The van der Waals surface area contributed by atoms with Gasteiger partial charge >= 0.3 is 0 Å². The van der Waals surface area contributed by atoms with Crippen molar-refractivity contribution in [1.82, 2.24) is 14.7 Å². The number of carbonyl (C=O) groups is 1. The van der Waals surface area contributed by atoms with Crippen LogP contribution in [0.4, 0.5) is 0 Å². The third kappa shape index (κ3) is 2.79. The van der Waals surface area contributed by atoms with Gasteiger partial charge in [-0.15, -0.1) is 0 Å². The number of carbonyl (C=O) groups excluding carboxylic acids is 1. The van der Waals surface area contributed by atoms with Crippen molar-refractivity contribution in [2.24, 2.45) is 13.0 Å². The average Bonchev–Trinajstić information content (AvgIpc) is 3.23. The molecule has 1 saturated carbocycles. The standard InChI is InChI=1S/C19H23N3O2/c1-19(2)12-22(11-13-6-4-5-7-17(13)24-19)18(23)16-8-15(16)14-9-20-21(3)10-14/h4-7,9-10,15-16H,8,11-12H2,1-3H3/t15-,16+/m0/s1. The molecule has 126 valence electrons. The average molecular weight is 325 g/mol. The summed E-state index contributed by atoms with van der Waals surface area (Å²) < 4.78 is 7.93. The molecule has 5 heteroatoms. The molecule has 0 bridgehead atoms. The first kappa shape index (κ1) is 15.2. The van der Waals surface area contributed by atoms with E-state index in [4.69, 9.17) is 4.74 Å². The van der Waals surface area contributed by atoms with E-state index >= 15 is 0 Å². The van der Waals surface area contributed by atoms with Crippen LogP contribution in [0.15, 0.2) is 36.7 Å². The van der Waals surface area contributed by atoms with Gasteiger partial charge in [-0.05, 0) is 37.8 Å². The third-order valence-electron chi connectivity index (χ3n) is 4.86. The predicted octanol–water partition coefficient (Wildman–Crippen LogP) is 2.72. The predicted molar refractivity (Wildman–Crippen MR) is 90.6 cm³/mol. The summed E-state index contributed by atoms with van der Waals surface area (Å²) in [5.41, 5.74) is 1.86. The zero-order valence-electron chi connectivity index (χ0n) is 14.4. The molecule has 2 atom stereocenters. The molecule has 24 heavy (non-hydrogen) atoms. The maximum atomic E-state index is 13.0. The van der Waals surface area contributed by atoms with Crippen LogP contribution in [0.5, 0.6) is 5.75 Å². The number of nitrogens with zero attached hydrogens (tertiary/aromatic N) is 3. The minimum atomic E-state index is -0.388. The van der Waals surface area contributed by atoms with Crippen molar-refractivity contribution in [3.8, 4) is 5.75 Å². The summed E-state index contributed by atoms with van der Waals surface area (Å²) in [5, 5.41) is 4.22. The molecule has 0 radical (unpaired) electrons. The SMILES string of the molecule is Cn1cc([C@@H]2C[C@H]2C(=O)N2Cc3ccccc3OC(C)(C)C2)cn1. The van der Waals surface area contributed by atoms with E-state index in [1.165, 1.54) is 5.56 Å². The molecule has 1 amide bonds.